The van der Waals surface area contributed by atoms with Crippen molar-refractivity contribution >= 4 is 10.1 Å². The first-order valence-electron chi connectivity index (χ1n) is 8.32. The van der Waals surface area contributed by atoms with Crippen LogP contribution < -0.4 is 5.32 Å². The van der Waals surface area contributed by atoms with E-state index in [0.717, 1.165) is 0 Å². The molecule has 5 N–H and O–H groups in total. The summed E-state index contributed by atoms with van der Waals surface area (Å²) < 4.78 is 29.2. The van der Waals surface area contributed by atoms with E-state index in [4.69, 9.17) is 9.66 Å². The van der Waals surface area contributed by atoms with Crippen LogP contribution in [-0.2, 0) is 16.7 Å². The molecule has 0 aliphatic rings. The summed E-state index contributed by atoms with van der Waals surface area (Å²) in [4.78, 5) is -0.0741. The van der Waals surface area contributed by atoms with Gasteiger partial charge in [0.25, 0.3) is 10.1 Å². The molecule has 27 heavy (non-hydrogen) atoms. The molecule has 1 atom stereocenters. The van der Waals surface area contributed by atoms with Crippen molar-refractivity contribution in [2.75, 3.05) is 6.54 Å². The Balaban J connectivity index is 0.000000309. The first-order chi connectivity index (χ1) is 12.4. The standard InChI is InChI=1S/C13H21NO3.C6H6O3S/c1-13(2,3)14-7-12(17)9-4-5-11(16)10(6-9)8-15;7-10(8,9)6-4-2-1-3-5-6/h4-6,12,14-17H,7-8H2,1-3H3;1-5H,(H,7,8,9)/t12-;/m0./s1. The Morgan fingerprint density at radius 1 is 1.07 bits per heavy atom. The number of phenols is 1. The molecular weight excluding hydrogens is 370 g/mol. The average molecular weight is 397 g/mol. The van der Waals surface area contributed by atoms with Gasteiger partial charge in [-0.25, -0.2) is 0 Å². The zero-order valence-corrected chi connectivity index (χ0v) is 16.4. The first kappa shape index (κ1) is 23.1. The summed E-state index contributed by atoms with van der Waals surface area (Å²) in [5.41, 5.74) is 1.05. The van der Waals surface area contributed by atoms with Gasteiger partial charge < -0.3 is 20.6 Å². The zero-order valence-electron chi connectivity index (χ0n) is 15.6. The molecule has 0 aromatic heterocycles. The first-order valence-corrected chi connectivity index (χ1v) is 9.76. The van der Waals surface area contributed by atoms with E-state index in [1.165, 1.54) is 18.2 Å². The van der Waals surface area contributed by atoms with Crippen molar-refractivity contribution < 1.29 is 28.3 Å². The number of aliphatic hydroxyl groups excluding tert-OH is 2. The Morgan fingerprint density at radius 2 is 1.67 bits per heavy atom. The summed E-state index contributed by atoms with van der Waals surface area (Å²) in [6.45, 7) is 6.26. The van der Waals surface area contributed by atoms with Crippen molar-refractivity contribution in [3.05, 3.63) is 59.7 Å². The molecule has 0 bridgehead atoms. The van der Waals surface area contributed by atoms with Crippen molar-refractivity contribution in [2.24, 2.45) is 0 Å². The molecule has 0 heterocycles. The fraction of sp³-hybridized carbons (Fsp3) is 0.368. The van der Waals surface area contributed by atoms with Crippen molar-refractivity contribution in [1.82, 2.24) is 5.32 Å². The minimum atomic E-state index is -4.00. The lowest BCUT2D eigenvalue weighted by molar-refractivity contribution is 0.163. The largest absolute Gasteiger partial charge is 0.508 e. The van der Waals surface area contributed by atoms with Crippen LogP contribution in [0.4, 0.5) is 0 Å². The quantitative estimate of drug-likeness (QED) is 0.490. The van der Waals surface area contributed by atoms with Crippen molar-refractivity contribution in [1.29, 1.82) is 0 Å². The van der Waals surface area contributed by atoms with E-state index in [0.29, 0.717) is 17.7 Å². The van der Waals surface area contributed by atoms with E-state index >= 15 is 0 Å². The molecule has 0 aliphatic heterocycles. The molecule has 0 saturated heterocycles. The molecule has 2 rings (SSSR count). The molecule has 0 spiro atoms. The van der Waals surface area contributed by atoms with Crippen molar-refractivity contribution in [3.8, 4) is 5.75 Å². The van der Waals surface area contributed by atoms with Crippen LogP contribution in [-0.4, -0.2) is 40.4 Å². The highest BCUT2D eigenvalue weighted by molar-refractivity contribution is 7.85. The Kier molecular flexibility index (Phi) is 8.39. The maximum atomic E-state index is 10.4. The molecule has 8 heteroatoms. The smallest absolute Gasteiger partial charge is 0.294 e. The van der Waals surface area contributed by atoms with Crippen LogP contribution in [0.15, 0.2) is 53.4 Å². The van der Waals surface area contributed by atoms with Crippen LogP contribution in [0.3, 0.4) is 0 Å². The van der Waals surface area contributed by atoms with Gasteiger partial charge in [0.1, 0.15) is 5.75 Å². The number of hydrogen-bond acceptors (Lipinski definition) is 6. The summed E-state index contributed by atoms with van der Waals surface area (Å²) in [6.07, 6.45) is -0.653. The van der Waals surface area contributed by atoms with Gasteiger partial charge in [0, 0.05) is 17.6 Å². The molecule has 2 aromatic rings. The molecule has 2 aromatic carbocycles. The van der Waals surface area contributed by atoms with E-state index in [9.17, 15) is 18.6 Å². The monoisotopic (exact) mass is 397 g/mol. The van der Waals surface area contributed by atoms with Crippen molar-refractivity contribution in [3.63, 3.8) is 0 Å². The Morgan fingerprint density at radius 3 is 2.11 bits per heavy atom. The van der Waals surface area contributed by atoms with Gasteiger partial charge in [0.2, 0.25) is 0 Å². The maximum Gasteiger partial charge on any atom is 0.294 e. The lowest BCUT2D eigenvalue weighted by atomic mass is 10.0. The van der Waals surface area contributed by atoms with E-state index in [1.807, 2.05) is 20.8 Å². The van der Waals surface area contributed by atoms with Gasteiger partial charge in [-0.15, -0.1) is 0 Å². The predicted octanol–water partition coefficient (Wildman–Crippen LogP) is 2.24. The number of aliphatic hydroxyl groups is 2. The second-order valence-electron chi connectivity index (χ2n) is 6.98. The maximum absolute atomic E-state index is 10.4. The fourth-order valence-corrected chi connectivity index (χ4v) is 2.55. The number of nitrogens with one attached hydrogen (secondary N) is 1. The average Bonchev–Trinajstić information content (AvgIpc) is 2.60. The van der Waals surface area contributed by atoms with Gasteiger partial charge in [0.05, 0.1) is 17.6 Å². The third-order valence-electron chi connectivity index (χ3n) is 3.53. The van der Waals surface area contributed by atoms with Crippen LogP contribution in [0.1, 0.15) is 38.0 Å². The SMILES string of the molecule is CC(C)(C)NC[C@H](O)c1ccc(O)c(CO)c1.O=S(=O)(O)c1ccccc1. The second kappa shape index (κ2) is 9.82. The Bertz CT molecular complexity index is 816. The Hall–Kier alpha value is -1.97. The molecule has 7 nitrogen and oxygen atoms in total. The van der Waals surface area contributed by atoms with Gasteiger partial charge >= 0.3 is 0 Å². The summed E-state index contributed by atoms with van der Waals surface area (Å²) in [5.74, 6) is 0.0484. The summed E-state index contributed by atoms with van der Waals surface area (Å²) >= 11 is 0. The van der Waals surface area contributed by atoms with Crippen LogP contribution in [0.2, 0.25) is 0 Å². The molecule has 0 radical (unpaired) electrons. The van der Waals surface area contributed by atoms with Gasteiger partial charge in [-0.1, -0.05) is 24.3 Å². The lowest BCUT2D eigenvalue weighted by Gasteiger charge is -2.23. The highest BCUT2D eigenvalue weighted by Crippen LogP contribution is 2.22. The number of aromatic hydroxyl groups is 1. The molecule has 150 valence electrons. The minimum absolute atomic E-state index is 0.0484. The number of hydrogen-bond donors (Lipinski definition) is 5. The van der Waals surface area contributed by atoms with E-state index in [-0.39, 0.29) is 22.8 Å². The zero-order chi connectivity index (χ0) is 20.7. The van der Waals surface area contributed by atoms with Crippen LogP contribution >= 0.6 is 0 Å². The highest BCUT2D eigenvalue weighted by atomic mass is 32.2. The molecule has 0 fully saturated rings. The molecule has 0 unspecified atom stereocenters. The number of benzene rings is 2. The third-order valence-corrected chi connectivity index (χ3v) is 4.39. The second-order valence-corrected chi connectivity index (χ2v) is 8.40. The van der Waals surface area contributed by atoms with Gasteiger partial charge in [-0.05, 0) is 50.6 Å². The summed E-state index contributed by atoms with van der Waals surface area (Å²) in [7, 11) is -4.00. The summed E-state index contributed by atoms with van der Waals surface area (Å²) in [6, 6.07) is 12.2. The number of rotatable bonds is 5. The fourth-order valence-electron chi connectivity index (χ4n) is 2.05. The third kappa shape index (κ3) is 8.51. The number of β-amino-alcohol motifs (C(OH)–C–C–N with tert-alkyl or cyclic N) is 1. The van der Waals surface area contributed by atoms with Gasteiger partial charge in [-0.3, -0.25) is 4.55 Å². The van der Waals surface area contributed by atoms with Crippen LogP contribution in [0.25, 0.3) is 0 Å². The minimum Gasteiger partial charge on any atom is -0.508 e. The molecular formula is C19H27NO6S. The van der Waals surface area contributed by atoms with E-state index in [1.54, 1.807) is 30.3 Å². The Labute approximate surface area is 160 Å². The predicted molar refractivity (Wildman–Crippen MR) is 103 cm³/mol. The van der Waals surface area contributed by atoms with Crippen LogP contribution in [0, 0.1) is 0 Å². The molecule has 0 aliphatic carbocycles. The van der Waals surface area contributed by atoms with Gasteiger partial charge in [0.15, 0.2) is 0 Å². The van der Waals surface area contributed by atoms with Crippen molar-refractivity contribution in [2.45, 2.75) is 43.9 Å². The lowest BCUT2D eigenvalue weighted by Crippen LogP contribution is -2.38. The highest BCUT2D eigenvalue weighted by Gasteiger charge is 2.14. The molecule has 0 saturated carbocycles. The summed E-state index contributed by atoms with van der Waals surface area (Å²) in [5, 5.41) is 31.6. The van der Waals surface area contributed by atoms with Gasteiger partial charge in [-0.2, -0.15) is 8.42 Å². The molecule has 0 amide bonds. The van der Waals surface area contributed by atoms with E-state index in [2.05, 4.69) is 5.32 Å². The van der Waals surface area contributed by atoms with Crippen LogP contribution in [0.5, 0.6) is 5.75 Å². The topological polar surface area (TPSA) is 127 Å². The normalized spacial score (nSPS) is 12.8. The van der Waals surface area contributed by atoms with E-state index < -0.39 is 16.2 Å².